The number of benzene rings is 1. The number of carbonyl (C=O) groups is 1. The van der Waals surface area contributed by atoms with Crippen LogP contribution in [0.1, 0.15) is 43.2 Å². The molecule has 2 aliphatic rings. The van der Waals surface area contributed by atoms with Gasteiger partial charge in [-0.05, 0) is 30.4 Å². The Kier molecular flexibility index (Phi) is 1.95. The molecule has 1 fully saturated rings. The van der Waals surface area contributed by atoms with Crippen LogP contribution < -0.4 is 0 Å². The fourth-order valence-electron chi connectivity index (χ4n) is 3.37. The van der Waals surface area contributed by atoms with E-state index in [0.717, 1.165) is 25.7 Å². The van der Waals surface area contributed by atoms with Gasteiger partial charge in [-0.1, -0.05) is 37.1 Å². The summed E-state index contributed by atoms with van der Waals surface area (Å²) in [5.41, 5.74) is 2.69. The van der Waals surface area contributed by atoms with Gasteiger partial charge in [0.15, 0.2) is 0 Å². The lowest BCUT2D eigenvalue weighted by atomic mass is 9.68. The quantitative estimate of drug-likeness (QED) is 0.629. The standard InChI is InChI=1S/C14H16O/c15-13-8-7-11-5-1-2-6-12(11)14(13)9-3-4-10-14/h1-2,5-6H,3-4,7-10H2. The summed E-state index contributed by atoms with van der Waals surface area (Å²) >= 11 is 0. The highest BCUT2D eigenvalue weighted by Crippen LogP contribution is 2.46. The molecule has 1 saturated carbocycles. The fraction of sp³-hybridized carbons (Fsp3) is 0.500. The molecule has 2 aliphatic carbocycles. The Balaban J connectivity index is 2.17. The summed E-state index contributed by atoms with van der Waals surface area (Å²) in [6, 6.07) is 8.55. The first-order chi connectivity index (χ1) is 7.33. The van der Waals surface area contributed by atoms with E-state index in [-0.39, 0.29) is 5.41 Å². The Hall–Kier alpha value is -1.11. The summed E-state index contributed by atoms with van der Waals surface area (Å²) in [6.07, 6.45) is 6.33. The minimum atomic E-state index is -0.0746. The van der Waals surface area contributed by atoms with E-state index in [1.54, 1.807) is 0 Å². The first-order valence-electron chi connectivity index (χ1n) is 5.95. The lowest BCUT2D eigenvalue weighted by molar-refractivity contribution is -0.125. The Bertz CT molecular complexity index is 400. The summed E-state index contributed by atoms with van der Waals surface area (Å²) < 4.78 is 0. The normalized spacial score (nSPS) is 23.1. The third-order valence-electron chi connectivity index (χ3n) is 4.15. The SMILES string of the molecule is O=C1CCc2ccccc2C12CCCC2. The van der Waals surface area contributed by atoms with Gasteiger partial charge < -0.3 is 0 Å². The summed E-state index contributed by atoms with van der Waals surface area (Å²) in [5.74, 6) is 0.499. The van der Waals surface area contributed by atoms with Crippen molar-refractivity contribution in [3.63, 3.8) is 0 Å². The molecule has 1 nitrogen and oxygen atoms in total. The zero-order valence-corrected chi connectivity index (χ0v) is 8.96. The van der Waals surface area contributed by atoms with E-state index < -0.39 is 0 Å². The predicted molar refractivity (Wildman–Crippen MR) is 59.9 cm³/mol. The molecule has 0 unspecified atom stereocenters. The highest BCUT2D eigenvalue weighted by atomic mass is 16.1. The third-order valence-corrected chi connectivity index (χ3v) is 4.15. The lowest BCUT2D eigenvalue weighted by Crippen LogP contribution is -2.37. The summed E-state index contributed by atoms with van der Waals surface area (Å²) in [4.78, 5) is 12.2. The predicted octanol–water partition coefficient (Wildman–Crippen LogP) is 3.01. The van der Waals surface area contributed by atoms with Crippen molar-refractivity contribution >= 4 is 5.78 Å². The van der Waals surface area contributed by atoms with Crippen LogP contribution in [-0.2, 0) is 16.6 Å². The molecular weight excluding hydrogens is 184 g/mol. The van der Waals surface area contributed by atoms with Crippen LogP contribution in [0.4, 0.5) is 0 Å². The zero-order valence-electron chi connectivity index (χ0n) is 8.96. The molecule has 3 rings (SSSR count). The van der Waals surface area contributed by atoms with Gasteiger partial charge in [0.1, 0.15) is 5.78 Å². The van der Waals surface area contributed by atoms with Gasteiger partial charge in [-0.3, -0.25) is 4.79 Å². The van der Waals surface area contributed by atoms with Gasteiger partial charge in [0, 0.05) is 6.42 Å². The lowest BCUT2D eigenvalue weighted by Gasteiger charge is -2.34. The molecule has 0 radical (unpaired) electrons. The molecule has 1 heteroatoms. The van der Waals surface area contributed by atoms with Crippen molar-refractivity contribution in [2.24, 2.45) is 0 Å². The fourth-order valence-corrected chi connectivity index (χ4v) is 3.37. The van der Waals surface area contributed by atoms with Gasteiger partial charge >= 0.3 is 0 Å². The van der Waals surface area contributed by atoms with E-state index in [1.807, 2.05) is 0 Å². The Labute approximate surface area is 90.5 Å². The van der Waals surface area contributed by atoms with Crippen molar-refractivity contribution in [1.29, 1.82) is 0 Å². The maximum absolute atomic E-state index is 12.2. The average molecular weight is 200 g/mol. The van der Waals surface area contributed by atoms with Crippen LogP contribution in [0, 0.1) is 0 Å². The number of Topliss-reactive ketones (excluding diaryl/α,β-unsaturated/α-hetero) is 1. The molecule has 0 aromatic heterocycles. The number of ketones is 1. The van der Waals surface area contributed by atoms with E-state index >= 15 is 0 Å². The molecule has 0 heterocycles. The molecule has 0 aliphatic heterocycles. The second-order valence-corrected chi connectivity index (χ2v) is 4.87. The molecule has 0 amide bonds. The molecule has 1 aromatic rings. The first kappa shape index (κ1) is 9.14. The minimum absolute atomic E-state index is 0.0746. The number of rotatable bonds is 0. The molecule has 1 spiro atoms. The molecule has 0 atom stereocenters. The second-order valence-electron chi connectivity index (χ2n) is 4.87. The van der Waals surface area contributed by atoms with Crippen LogP contribution >= 0.6 is 0 Å². The number of hydrogen-bond acceptors (Lipinski definition) is 1. The van der Waals surface area contributed by atoms with E-state index in [1.165, 1.54) is 24.0 Å². The van der Waals surface area contributed by atoms with Crippen molar-refractivity contribution in [2.45, 2.75) is 43.9 Å². The second kappa shape index (κ2) is 3.19. The maximum Gasteiger partial charge on any atom is 0.143 e. The van der Waals surface area contributed by atoms with Crippen LogP contribution in [0.25, 0.3) is 0 Å². The van der Waals surface area contributed by atoms with Gasteiger partial charge in [0.2, 0.25) is 0 Å². The number of carbonyl (C=O) groups excluding carboxylic acids is 1. The molecule has 78 valence electrons. The Morgan fingerprint density at radius 2 is 1.73 bits per heavy atom. The molecular formula is C14H16O. The van der Waals surface area contributed by atoms with Crippen molar-refractivity contribution in [1.82, 2.24) is 0 Å². The minimum Gasteiger partial charge on any atom is -0.299 e. The zero-order chi connectivity index (χ0) is 10.3. The van der Waals surface area contributed by atoms with Crippen LogP contribution in [-0.4, -0.2) is 5.78 Å². The van der Waals surface area contributed by atoms with Gasteiger partial charge in [-0.15, -0.1) is 0 Å². The van der Waals surface area contributed by atoms with Gasteiger partial charge in [-0.2, -0.15) is 0 Å². The molecule has 0 saturated heterocycles. The average Bonchev–Trinajstić information content (AvgIpc) is 2.75. The topological polar surface area (TPSA) is 17.1 Å². The smallest absolute Gasteiger partial charge is 0.143 e. The van der Waals surface area contributed by atoms with Crippen LogP contribution in [0.5, 0.6) is 0 Å². The third kappa shape index (κ3) is 1.19. The summed E-state index contributed by atoms with van der Waals surface area (Å²) in [5, 5.41) is 0. The molecule has 1 aromatic carbocycles. The van der Waals surface area contributed by atoms with Crippen molar-refractivity contribution in [3.8, 4) is 0 Å². The van der Waals surface area contributed by atoms with E-state index in [9.17, 15) is 4.79 Å². The van der Waals surface area contributed by atoms with Crippen LogP contribution in [0.2, 0.25) is 0 Å². The van der Waals surface area contributed by atoms with E-state index in [0.29, 0.717) is 5.78 Å². The molecule has 0 N–H and O–H groups in total. The maximum atomic E-state index is 12.2. The summed E-state index contributed by atoms with van der Waals surface area (Å²) in [7, 11) is 0. The molecule has 15 heavy (non-hydrogen) atoms. The van der Waals surface area contributed by atoms with E-state index in [2.05, 4.69) is 24.3 Å². The summed E-state index contributed by atoms with van der Waals surface area (Å²) in [6.45, 7) is 0. The van der Waals surface area contributed by atoms with Gasteiger partial charge in [0.05, 0.1) is 5.41 Å². The van der Waals surface area contributed by atoms with Crippen molar-refractivity contribution in [3.05, 3.63) is 35.4 Å². The van der Waals surface area contributed by atoms with Gasteiger partial charge in [0.25, 0.3) is 0 Å². The van der Waals surface area contributed by atoms with Crippen molar-refractivity contribution in [2.75, 3.05) is 0 Å². The van der Waals surface area contributed by atoms with Gasteiger partial charge in [-0.25, -0.2) is 0 Å². The largest absolute Gasteiger partial charge is 0.299 e. The highest BCUT2D eigenvalue weighted by molar-refractivity contribution is 5.92. The Morgan fingerprint density at radius 3 is 2.53 bits per heavy atom. The van der Waals surface area contributed by atoms with E-state index in [4.69, 9.17) is 0 Å². The Morgan fingerprint density at radius 1 is 1.00 bits per heavy atom. The number of fused-ring (bicyclic) bond motifs is 2. The highest BCUT2D eigenvalue weighted by Gasteiger charge is 2.44. The number of hydrogen-bond donors (Lipinski definition) is 0. The van der Waals surface area contributed by atoms with Crippen molar-refractivity contribution < 1.29 is 4.79 Å². The monoisotopic (exact) mass is 200 g/mol. The van der Waals surface area contributed by atoms with Crippen LogP contribution in [0.15, 0.2) is 24.3 Å². The first-order valence-corrected chi connectivity index (χ1v) is 5.95. The molecule has 0 bridgehead atoms. The number of aryl methyl sites for hydroxylation is 1. The van der Waals surface area contributed by atoms with Crippen LogP contribution in [0.3, 0.4) is 0 Å².